The Labute approximate surface area is 122 Å². The highest BCUT2D eigenvalue weighted by Crippen LogP contribution is 2.28. The molecule has 4 nitrogen and oxygen atoms in total. The fraction of sp³-hybridized carbons (Fsp3) is 0.571. The summed E-state index contributed by atoms with van der Waals surface area (Å²) in [6.07, 6.45) is 7.87. The van der Waals surface area contributed by atoms with Gasteiger partial charge in [0.05, 0.1) is 17.8 Å². The Balaban J connectivity index is 2.05. The maximum atomic E-state index is 12.1. The molecule has 0 radical (unpaired) electrons. The summed E-state index contributed by atoms with van der Waals surface area (Å²) in [7, 11) is 0. The summed E-state index contributed by atoms with van der Waals surface area (Å²) in [5.74, 6) is 0.232. The van der Waals surface area contributed by atoms with Gasteiger partial charge in [0.15, 0.2) is 0 Å². The van der Waals surface area contributed by atoms with E-state index in [9.17, 15) is 4.79 Å². The molecule has 19 heavy (non-hydrogen) atoms. The van der Waals surface area contributed by atoms with Gasteiger partial charge in [-0.25, -0.2) is 0 Å². The minimum atomic E-state index is 0.0627. The highest BCUT2D eigenvalue weighted by atomic mass is 79.9. The van der Waals surface area contributed by atoms with Crippen LogP contribution in [0.25, 0.3) is 0 Å². The smallest absolute Gasteiger partial charge is 0.225 e. The number of halogens is 1. The Hall–Kier alpha value is -1.10. The highest BCUT2D eigenvalue weighted by molar-refractivity contribution is 9.10. The Morgan fingerprint density at radius 2 is 2.21 bits per heavy atom. The lowest BCUT2D eigenvalue weighted by Crippen LogP contribution is -2.42. The molecule has 1 saturated carbocycles. The van der Waals surface area contributed by atoms with Crippen LogP contribution >= 0.6 is 15.9 Å². The van der Waals surface area contributed by atoms with E-state index in [2.05, 4.69) is 31.5 Å². The molecule has 2 N–H and O–H groups in total. The van der Waals surface area contributed by atoms with Gasteiger partial charge < -0.3 is 10.6 Å². The number of aromatic nitrogens is 1. The first-order valence-electron chi connectivity index (χ1n) is 6.85. The van der Waals surface area contributed by atoms with Gasteiger partial charge in [0.2, 0.25) is 5.91 Å². The summed E-state index contributed by atoms with van der Waals surface area (Å²) in [6.45, 7) is 2.65. The van der Waals surface area contributed by atoms with Crippen LogP contribution in [0.5, 0.6) is 0 Å². The van der Waals surface area contributed by atoms with E-state index in [4.69, 9.17) is 0 Å². The second-order valence-electron chi connectivity index (χ2n) is 4.93. The minimum Gasteiger partial charge on any atom is -0.380 e. The normalized spacial score (nSPS) is 22.8. The van der Waals surface area contributed by atoms with E-state index in [0.717, 1.165) is 29.4 Å². The lowest BCUT2D eigenvalue weighted by molar-refractivity contribution is -0.126. The predicted octanol–water partition coefficient (Wildman–Crippen LogP) is 2.95. The van der Waals surface area contributed by atoms with E-state index in [1.165, 1.54) is 6.42 Å². The largest absolute Gasteiger partial charge is 0.380 e. The summed E-state index contributed by atoms with van der Waals surface area (Å²) in [4.78, 5) is 16.2. The number of nitrogens with one attached hydrogen (secondary N) is 2. The lowest BCUT2D eigenvalue weighted by atomic mass is 9.83. The van der Waals surface area contributed by atoms with Crippen molar-refractivity contribution < 1.29 is 4.79 Å². The molecule has 1 fully saturated rings. The average molecular weight is 326 g/mol. The Morgan fingerprint density at radius 3 is 2.95 bits per heavy atom. The van der Waals surface area contributed by atoms with Crippen molar-refractivity contribution in [3.05, 3.63) is 22.9 Å². The van der Waals surface area contributed by atoms with Crippen molar-refractivity contribution in [1.29, 1.82) is 0 Å². The Kier molecular flexibility index (Phi) is 5.19. The molecule has 2 atom stereocenters. The van der Waals surface area contributed by atoms with E-state index in [0.29, 0.717) is 6.54 Å². The second kappa shape index (κ2) is 6.89. The van der Waals surface area contributed by atoms with Gasteiger partial charge in [-0.3, -0.25) is 9.78 Å². The molecule has 1 aliphatic rings. The second-order valence-corrected chi connectivity index (χ2v) is 5.84. The van der Waals surface area contributed by atoms with Crippen LogP contribution in [0.15, 0.2) is 22.9 Å². The summed E-state index contributed by atoms with van der Waals surface area (Å²) in [6, 6.07) is 2.20. The quantitative estimate of drug-likeness (QED) is 0.894. The number of carbonyl (C=O) groups is 1. The maximum absolute atomic E-state index is 12.1. The minimum absolute atomic E-state index is 0.0627. The van der Waals surface area contributed by atoms with Gasteiger partial charge in [-0.2, -0.15) is 0 Å². The van der Waals surface area contributed by atoms with Crippen LogP contribution in [0, 0.1) is 5.92 Å². The molecule has 0 aliphatic heterocycles. The van der Waals surface area contributed by atoms with Gasteiger partial charge in [-0.15, -0.1) is 0 Å². The number of hydrogen-bond donors (Lipinski definition) is 2. The molecule has 1 heterocycles. The number of hydrogen-bond acceptors (Lipinski definition) is 3. The molecule has 1 aromatic heterocycles. The number of amides is 1. The SMILES string of the molecule is CCNC(=O)[C@H]1CCCC[C@H]1Nc1cncc(Br)c1. The number of nitrogens with zero attached hydrogens (tertiary/aromatic N) is 1. The molecule has 0 bridgehead atoms. The molecule has 0 saturated heterocycles. The molecule has 0 unspecified atom stereocenters. The van der Waals surface area contributed by atoms with E-state index in [1.54, 1.807) is 12.4 Å². The fourth-order valence-corrected chi connectivity index (χ4v) is 2.99. The zero-order chi connectivity index (χ0) is 13.7. The lowest BCUT2D eigenvalue weighted by Gasteiger charge is -2.31. The van der Waals surface area contributed by atoms with Gasteiger partial charge in [0.25, 0.3) is 0 Å². The Bertz CT molecular complexity index is 438. The zero-order valence-electron chi connectivity index (χ0n) is 11.2. The van der Waals surface area contributed by atoms with Crippen LogP contribution in [0.1, 0.15) is 32.6 Å². The van der Waals surface area contributed by atoms with Crippen LogP contribution in [0.4, 0.5) is 5.69 Å². The zero-order valence-corrected chi connectivity index (χ0v) is 12.7. The molecular weight excluding hydrogens is 306 g/mol. The van der Waals surface area contributed by atoms with Crippen LogP contribution in [-0.4, -0.2) is 23.5 Å². The summed E-state index contributed by atoms with van der Waals surface area (Å²) in [5.41, 5.74) is 0.968. The van der Waals surface area contributed by atoms with Gasteiger partial charge >= 0.3 is 0 Å². The topological polar surface area (TPSA) is 54.0 Å². The molecule has 1 amide bonds. The van der Waals surface area contributed by atoms with Crippen molar-refractivity contribution in [3.8, 4) is 0 Å². The number of anilines is 1. The van der Waals surface area contributed by atoms with E-state index < -0.39 is 0 Å². The van der Waals surface area contributed by atoms with Crippen LogP contribution < -0.4 is 10.6 Å². The van der Waals surface area contributed by atoms with Gasteiger partial charge in [-0.05, 0) is 41.8 Å². The number of carbonyl (C=O) groups excluding carboxylic acids is 1. The third kappa shape index (κ3) is 3.93. The van der Waals surface area contributed by atoms with Crippen LogP contribution in [0.3, 0.4) is 0 Å². The van der Waals surface area contributed by atoms with Crippen molar-refractivity contribution in [2.24, 2.45) is 5.92 Å². The molecule has 2 rings (SSSR count). The molecule has 5 heteroatoms. The van der Waals surface area contributed by atoms with Crippen LogP contribution in [0.2, 0.25) is 0 Å². The third-order valence-corrected chi connectivity index (χ3v) is 3.94. The molecular formula is C14H20BrN3O. The van der Waals surface area contributed by atoms with Gasteiger partial charge in [0.1, 0.15) is 0 Å². The number of rotatable bonds is 4. The predicted molar refractivity (Wildman–Crippen MR) is 80.0 cm³/mol. The highest BCUT2D eigenvalue weighted by Gasteiger charge is 2.30. The molecule has 104 valence electrons. The first-order valence-corrected chi connectivity index (χ1v) is 7.65. The fourth-order valence-electron chi connectivity index (χ4n) is 2.63. The van der Waals surface area contributed by atoms with Gasteiger partial charge in [0, 0.05) is 23.3 Å². The van der Waals surface area contributed by atoms with E-state index in [-0.39, 0.29) is 17.9 Å². The van der Waals surface area contributed by atoms with Gasteiger partial charge in [-0.1, -0.05) is 12.8 Å². The first-order chi connectivity index (χ1) is 9.20. The molecule has 1 aromatic rings. The van der Waals surface area contributed by atoms with E-state index in [1.807, 2.05) is 13.0 Å². The summed E-state index contributed by atoms with van der Waals surface area (Å²) >= 11 is 3.41. The van der Waals surface area contributed by atoms with Crippen LogP contribution in [-0.2, 0) is 4.79 Å². The summed E-state index contributed by atoms with van der Waals surface area (Å²) in [5, 5.41) is 6.40. The third-order valence-electron chi connectivity index (χ3n) is 3.51. The Morgan fingerprint density at radius 1 is 1.42 bits per heavy atom. The molecule has 0 spiro atoms. The van der Waals surface area contributed by atoms with E-state index >= 15 is 0 Å². The standard InChI is InChI=1S/C14H20BrN3O/c1-2-17-14(19)12-5-3-4-6-13(12)18-11-7-10(15)8-16-9-11/h7-9,12-13,18H,2-6H2,1H3,(H,17,19)/t12-,13+/m0/s1. The average Bonchev–Trinajstić information content (AvgIpc) is 2.39. The van der Waals surface area contributed by atoms with Crippen molar-refractivity contribution in [1.82, 2.24) is 10.3 Å². The van der Waals surface area contributed by atoms with Crippen molar-refractivity contribution in [2.75, 3.05) is 11.9 Å². The monoisotopic (exact) mass is 325 g/mol. The first kappa shape index (κ1) is 14.3. The van der Waals surface area contributed by atoms with Crippen molar-refractivity contribution in [3.63, 3.8) is 0 Å². The molecule has 1 aliphatic carbocycles. The number of pyridine rings is 1. The summed E-state index contributed by atoms with van der Waals surface area (Å²) < 4.78 is 0.947. The maximum Gasteiger partial charge on any atom is 0.225 e. The van der Waals surface area contributed by atoms with Crippen molar-refractivity contribution in [2.45, 2.75) is 38.6 Å². The molecule has 0 aromatic carbocycles. The van der Waals surface area contributed by atoms with Crippen molar-refractivity contribution >= 4 is 27.5 Å².